The van der Waals surface area contributed by atoms with Crippen molar-refractivity contribution in [1.29, 1.82) is 0 Å². The monoisotopic (exact) mass is 286 g/mol. The zero-order valence-corrected chi connectivity index (χ0v) is 12.0. The van der Waals surface area contributed by atoms with Gasteiger partial charge in [0.15, 0.2) is 0 Å². The molecule has 0 spiro atoms. The van der Waals surface area contributed by atoms with Gasteiger partial charge in [-0.3, -0.25) is 4.79 Å². The van der Waals surface area contributed by atoms with E-state index < -0.39 is 5.97 Å². The molecule has 0 heterocycles. The zero-order chi connectivity index (χ0) is 13.5. The van der Waals surface area contributed by atoms with Crippen molar-refractivity contribution in [2.45, 2.75) is 6.92 Å². The van der Waals surface area contributed by atoms with Crippen LogP contribution in [0.5, 0.6) is 0 Å². The predicted molar refractivity (Wildman–Crippen MR) is 76.7 cm³/mol. The van der Waals surface area contributed by atoms with E-state index in [1.54, 1.807) is 31.3 Å². The molecular formula is C13H19ClN2O3. The summed E-state index contributed by atoms with van der Waals surface area (Å²) < 4.78 is 4.59. The van der Waals surface area contributed by atoms with E-state index in [4.69, 9.17) is 0 Å². The molecule has 1 unspecified atom stereocenters. The number of benzene rings is 1. The first-order chi connectivity index (χ1) is 8.58. The van der Waals surface area contributed by atoms with E-state index in [1.807, 2.05) is 6.92 Å². The number of nitrogens with one attached hydrogen (secondary N) is 2. The van der Waals surface area contributed by atoms with Crippen molar-refractivity contribution in [2.75, 3.05) is 26.0 Å². The van der Waals surface area contributed by atoms with Crippen LogP contribution in [0.25, 0.3) is 0 Å². The molecule has 0 saturated heterocycles. The van der Waals surface area contributed by atoms with Crippen molar-refractivity contribution in [2.24, 2.45) is 5.92 Å². The van der Waals surface area contributed by atoms with Crippen molar-refractivity contribution in [3.63, 3.8) is 0 Å². The fraction of sp³-hybridized carbons (Fsp3) is 0.385. The number of anilines is 1. The van der Waals surface area contributed by atoms with Crippen LogP contribution in [-0.4, -0.2) is 32.6 Å². The van der Waals surface area contributed by atoms with Crippen molar-refractivity contribution in [1.82, 2.24) is 5.32 Å². The number of hydrogen-bond acceptors (Lipinski definition) is 4. The summed E-state index contributed by atoms with van der Waals surface area (Å²) in [5, 5.41) is 5.72. The lowest BCUT2D eigenvalue weighted by molar-refractivity contribution is -0.119. The number of hydrogen-bond donors (Lipinski definition) is 2. The quantitative estimate of drug-likeness (QED) is 0.809. The normalized spacial score (nSPS) is 11.1. The van der Waals surface area contributed by atoms with Crippen molar-refractivity contribution in [3.05, 3.63) is 29.8 Å². The van der Waals surface area contributed by atoms with Gasteiger partial charge in [-0.05, 0) is 31.3 Å². The Kier molecular flexibility index (Phi) is 7.79. The number of carbonyl (C=O) groups is 2. The van der Waals surface area contributed by atoms with Gasteiger partial charge in [0.1, 0.15) is 0 Å². The molecule has 19 heavy (non-hydrogen) atoms. The second-order valence-electron chi connectivity index (χ2n) is 4.02. The molecule has 0 aromatic heterocycles. The molecule has 0 radical (unpaired) electrons. The molecule has 106 valence electrons. The Hall–Kier alpha value is -1.59. The van der Waals surface area contributed by atoms with Gasteiger partial charge in [-0.15, -0.1) is 12.4 Å². The molecular weight excluding hydrogens is 268 g/mol. The lowest BCUT2D eigenvalue weighted by Gasteiger charge is -2.11. The molecule has 1 aromatic carbocycles. The van der Waals surface area contributed by atoms with Gasteiger partial charge in [-0.25, -0.2) is 4.79 Å². The average Bonchev–Trinajstić information content (AvgIpc) is 2.39. The van der Waals surface area contributed by atoms with Crippen LogP contribution in [0.1, 0.15) is 17.3 Å². The summed E-state index contributed by atoms with van der Waals surface area (Å²) in [6.07, 6.45) is 0. The second kappa shape index (κ2) is 8.50. The van der Waals surface area contributed by atoms with Gasteiger partial charge in [-0.2, -0.15) is 0 Å². The minimum atomic E-state index is -0.392. The summed E-state index contributed by atoms with van der Waals surface area (Å²) >= 11 is 0. The maximum atomic E-state index is 11.7. The molecule has 5 nitrogen and oxygen atoms in total. The van der Waals surface area contributed by atoms with Crippen LogP contribution in [0.2, 0.25) is 0 Å². The number of ether oxygens (including phenoxy) is 1. The first-order valence-electron chi connectivity index (χ1n) is 5.72. The Bertz CT molecular complexity index is 420. The largest absolute Gasteiger partial charge is 0.465 e. The first kappa shape index (κ1) is 17.4. The van der Waals surface area contributed by atoms with Crippen LogP contribution >= 0.6 is 12.4 Å². The number of esters is 1. The van der Waals surface area contributed by atoms with Crippen LogP contribution in [-0.2, 0) is 9.53 Å². The van der Waals surface area contributed by atoms with E-state index in [2.05, 4.69) is 15.4 Å². The van der Waals surface area contributed by atoms with Gasteiger partial charge in [-0.1, -0.05) is 6.92 Å². The molecule has 1 amide bonds. The molecule has 2 N–H and O–H groups in total. The standard InChI is InChI=1S/C13H18N2O3.ClH/c1-9(8-14-2)12(16)15-11-6-4-10(5-7-11)13(17)18-3;/h4-7,9,14H,8H2,1-3H3,(H,15,16);1H. The number of rotatable bonds is 5. The van der Waals surface area contributed by atoms with E-state index in [1.165, 1.54) is 7.11 Å². The first-order valence-corrected chi connectivity index (χ1v) is 5.72. The average molecular weight is 287 g/mol. The van der Waals surface area contributed by atoms with Gasteiger partial charge < -0.3 is 15.4 Å². The van der Waals surface area contributed by atoms with Gasteiger partial charge in [0.25, 0.3) is 0 Å². The summed E-state index contributed by atoms with van der Waals surface area (Å²) in [7, 11) is 3.13. The Labute approximate surface area is 119 Å². The fourth-order valence-electron chi connectivity index (χ4n) is 1.47. The van der Waals surface area contributed by atoms with Crippen molar-refractivity contribution >= 4 is 30.0 Å². The molecule has 0 fully saturated rings. The molecule has 6 heteroatoms. The summed E-state index contributed by atoms with van der Waals surface area (Å²) in [5.41, 5.74) is 1.12. The predicted octanol–water partition coefficient (Wildman–Crippen LogP) is 1.69. The Morgan fingerprint density at radius 1 is 1.26 bits per heavy atom. The topological polar surface area (TPSA) is 67.4 Å². The maximum Gasteiger partial charge on any atom is 0.337 e. The van der Waals surface area contributed by atoms with Crippen LogP contribution in [0.15, 0.2) is 24.3 Å². The van der Waals surface area contributed by atoms with E-state index in [0.29, 0.717) is 17.8 Å². The number of carbonyl (C=O) groups excluding carboxylic acids is 2. The summed E-state index contributed by atoms with van der Waals surface area (Å²) in [4.78, 5) is 23.0. The van der Waals surface area contributed by atoms with Crippen LogP contribution in [0.3, 0.4) is 0 Å². The Morgan fingerprint density at radius 3 is 2.32 bits per heavy atom. The highest BCUT2D eigenvalue weighted by Gasteiger charge is 2.12. The minimum absolute atomic E-state index is 0. The highest BCUT2D eigenvalue weighted by atomic mass is 35.5. The molecule has 0 bridgehead atoms. The van der Waals surface area contributed by atoms with E-state index >= 15 is 0 Å². The summed E-state index contributed by atoms with van der Waals surface area (Å²) in [6.45, 7) is 2.46. The molecule has 1 aromatic rings. The highest BCUT2D eigenvalue weighted by molar-refractivity contribution is 5.94. The van der Waals surface area contributed by atoms with Gasteiger partial charge in [0.05, 0.1) is 12.7 Å². The fourth-order valence-corrected chi connectivity index (χ4v) is 1.47. The number of methoxy groups -OCH3 is 1. The van der Waals surface area contributed by atoms with Crippen LogP contribution < -0.4 is 10.6 Å². The molecule has 0 aliphatic heterocycles. The molecule has 0 aliphatic rings. The second-order valence-corrected chi connectivity index (χ2v) is 4.02. The van der Waals surface area contributed by atoms with Gasteiger partial charge >= 0.3 is 5.97 Å². The Balaban J connectivity index is 0.00000324. The molecule has 0 saturated carbocycles. The third kappa shape index (κ3) is 5.28. The van der Waals surface area contributed by atoms with E-state index in [0.717, 1.165) is 0 Å². The lowest BCUT2D eigenvalue weighted by Crippen LogP contribution is -2.28. The van der Waals surface area contributed by atoms with Crippen LogP contribution in [0, 0.1) is 5.92 Å². The zero-order valence-electron chi connectivity index (χ0n) is 11.2. The van der Waals surface area contributed by atoms with Gasteiger partial charge in [0, 0.05) is 18.2 Å². The smallest absolute Gasteiger partial charge is 0.337 e. The van der Waals surface area contributed by atoms with E-state index in [9.17, 15) is 9.59 Å². The lowest BCUT2D eigenvalue weighted by atomic mass is 10.1. The number of amides is 1. The molecule has 0 aliphatic carbocycles. The highest BCUT2D eigenvalue weighted by Crippen LogP contribution is 2.11. The molecule has 1 atom stereocenters. The minimum Gasteiger partial charge on any atom is -0.465 e. The third-order valence-electron chi connectivity index (χ3n) is 2.53. The SMILES string of the molecule is CNCC(C)C(=O)Nc1ccc(C(=O)OC)cc1.Cl. The Morgan fingerprint density at radius 2 is 1.84 bits per heavy atom. The molecule has 1 rings (SSSR count). The number of halogens is 1. The van der Waals surface area contributed by atoms with Crippen LogP contribution in [0.4, 0.5) is 5.69 Å². The van der Waals surface area contributed by atoms with Crippen molar-refractivity contribution < 1.29 is 14.3 Å². The third-order valence-corrected chi connectivity index (χ3v) is 2.53. The van der Waals surface area contributed by atoms with Crippen molar-refractivity contribution in [3.8, 4) is 0 Å². The maximum absolute atomic E-state index is 11.7. The summed E-state index contributed by atoms with van der Waals surface area (Å²) in [6, 6.07) is 6.58. The summed E-state index contributed by atoms with van der Waals surface area (Å²) in [5.74, 6) is -0.568. The van der Waals surface area contributed by atoms with E-state index in [-0.39, 0.29) is 24.2 Å². The van der Waals surface area contributed by atoms with Gasteiger partial charge in [0.2, 0.25) is 5.91 Å².